The number of hydrogen-bond donors (Lipinski definition) is 1. The summed E-state index contributed by atoms with van der Waals surface area (Å²) in [5.41, 5.74) is 3.35. The Balaban J connectivity index is 1.75. The monoisotopic (exact) mass is 376 g/mol. The van der Waals surface area contributed by atoms with Crippen LogP contribution in [0.4, 0.5) is 11.4 Å². The number of rotatable bonds is 5. The Morgan fingerprint density at radius 3 is 2.62 bits per heavy atom. The normalized spacial score (nSPS) is 15.3. The van der Waals surface area contributed by atoms with Gasteiger partial charge in [-0.2, -0.15) is 0 Å². The molecule has 140 valence electrons. The van der Waals surface area contributed by atoms with Gasteiger partial charge in [0.2, 0.25) is 5.91 Å². The molecule has 0 bridgehead atoms. The molecule has 1 saturated heterocycles. The Hall–Kier alpha value is -2.05. The van der Waals surface area contributed by atoms with Gasteiger partial charge in [-0.25, -0.2) is 0 Å². The molecule has 3 rings (SSSR count). The van der Waals surface area contributed by atoms with Crippen LogP contribution < -0.4 is 10.2 Å². The highest BCUT2D eigenvalue weighted by atomic mass is 35.5. The van der Waals surface area contributed by atoms with Crippen LogP contribution in [0.15, 0.2) is 22.7 Å². The van der Waals surface area contributed by atoms with Crippen molar-refractivity contribution in [3.05, 3.63) is 40.2 Å². The SMILES string of the molecule is CCN1CCN(c2ccc(Cl)cc2NC(=O)Cc2c(C)noc2C)CC1. The van der Waals surface area contributed by atoms with Crippen molar-refractivity contribution in [3.63, 3.8) is 0 Å². The molecule has 2 heterocycles. The van der Waals surface area contributed by atoms with Gasteiger partial charge in [0, 0.05) is 36.8 Å². The van der Waals surface area contributed by atoms with Crippen molar-refractivity contribution in [1.82, 2.24) is 10.1 Å². The van der Waals surface area contributed by atoms with E-state index in [0.717, 1.165) is 55.4 Å². The van der Waals surface area contributed by atoms with Gasteiger partial charge in [-0.3, -0.25) is 4.79 Å². The fourth-order valence-electron chi connectivity index (χ4n) is 3.30. The van der Waals surface area contributed by atoms with Gasteiger partial charge in [-0.05, 0) is 38.6 Å². The maximum absolute atomic E-state index is 12.6. The molecule has 1 aliphatic heterocycles. The van der Waals surface area contributed by atoms with Crippen molar-refractivity contribution in [2.45, 2.75) is 27.2 Å². The van der Waals surface area contributed by atoms with Gasteiger partial charge >= 0.3 is 0 Å². The molecule has 0 saturated carbocycles. The number of nitrogens with zero attached hydrogens (tertiary/aromatic N) is 3. The van der Waals surface area contributed by atoms with E-state index in [2.05, 4.69) is 27.2 Å². The molecule has 1 amide bonds. The molecule has 2 aromatic rings. The second-order valence-corrected chi connectivity index (χ2v) is 7.05. The Morgan fingerprint density at radius 1 is 1.27 bits per heavy atom. The highest BCUT2D eigenvalue weighted by molar-refractivity contribution is 6.31. The minimum Gasteiger partial charge on any atom is -0.367 e. The summed E-state index contributed by atoms with van der Waals surface area (Å²) in [5.74, 6) is 0.578. The number of amides is 1. The van der Waals surface area contributed by atoms with Crippen LogP contribution in [0.5, 0.6) is 0 Å². The number of benzene rings is 1. The van der Waals surface area contributed by atoms with Crippen LogP contribution in [0.25, 0.3) is 0 Å². The zero-order valence-corrected chi connectivity index (χ0v) is 16.3. The molecule has 1 aromatic carbocycles. The molecule has 0 radical (unpaired) electrons. The third-order valence-electron chi connectivity index (χ3n) is 4.91. The van der Waals surface area contributed by atoms with E-state index in [9.17, 15) is 4.79 Å². The van der Waals surface area contributed by atoms with Crippen LogP contribution in [-0.4, -0.2) is 48.7 Å². The second-order valence-electron chi connectivity index (χ2n) is 6.61. The summed E-state index contributed by atoms with van der Waals surface area (Å²) in [6.45, 7) is 10.8. The molecular weight excluding hydrogens is 352 g/mol. The van der Waals surface area contributed by atoms with Crippen molar-refractivity contribution < 1.29 is 9.32 Å². The first-order chi connectivity index (χ1) is 12.5. The van der Waals surface area contributed by atoms with Crippen molar-refractivity contribution >= 4 is 28.9 Å². The van der Waals surface area contributed by atoms with E-state index in [4.69, 9.17) is 16.1 Å². The second kappa shape index (κ2) is 8.10. The maximum Gasteiger partial charge on any atom is 0.229 e. The number of nitrogens with one attached hydrogen (secondary N) is 1. The van der Waals surface area contributed by atoms with Crippen molar-refractivity contribution in [3.8, 4) is 0 Å². The third-order valence-corrected chi connectivity index (χ3v) is 5.15. The lowest BCUT2D eigenvalue weighted by Gasteiger charge is -2.36. The molecular formula is C19H25ClN4O2. The zero-order chi connectivity index (χ0) is 18.7. The van der Waals surface area contributed by atoms with Gasteiger partial charge in [-0.15, -0.1) is 0 Å². The summed E-state index contributed by atoms with van der Waals surface area (Å²) in [5, 5.41) is 7.53. The lowest BCUT2D eigenvalue weighted by molar-refractivity contribution is -0.115. The quantitative estimate of drug-likeness (QED) is 0.867. The number of anilines is 2. The molecule has 26 heavy (non-hydrogen) atoms. The molecule has 7 heteroatoms. The van der Waals surface area contributed by atoms with E-state index in [1.54, 1.807) is 0 Å². The summed E-state index contributed by atoms with van der Waals surface area (Å²) in [6.07, 6.45) is 0.233. The summed E-state index contributed by atoms with van der Waals surface area (Å²) < 4.78 is 5.14. The minimum atomic E-state index is -0.102. The van der Waals surface area contributed by atoms with Gasteiger partial charge in [0.25, 0.3) is 0 Å². The molecule has 6 nitrogen and oxygen atoms in total. The number of piperazine rings is 1. The Bertz CT molecular complexity index is 762. The first kappa shape index (κ1) is 18.7. The van der Waals surface area contributed by atoms with Gasteiger partial charge < -0.3 is 19.6 Å². The fraction of sp³-hybridized carbons (Fsp3) is 0.474. The van der Waals surface area contributed by atoms with Crippen LogP contribution in [0.3, 0.4) is 0 Å². The smallest absolute Gasteiger partial charge is 0.229 e. The van der Waals surface area contributed by atoms with E-state index in [-0.39, 0.29) is 12.3 Å². The van der Waals surface area contributed by atoms with E-state index < -0.39 is 0 Å². The average molecular weight is 377 g/mol. The largest absolute Gasteiger partial charge is 0.367 e. The predicted octanol–water partition coefficient (Wildman–Crippen LogP) is 3.27. The number of carbonyl (C=O) groups excluding carboxylic acids is 1. The first-order valence-corrected chi connectivity index (χ1v) is 9.34. The Morgan fingerprint density at radius 2 is 2.00 bits per heavy atom. The number of carbonyl (C=O) groups is 1. The van der Waals surface area contributed by atoms with Crippen molar-refractivity contribution in [2.75, 3.05) is 42.9 Å². The fourth-order valence-corrected chi connectivity index (χ4v) is 3.47. The summed E-state index contributed by atoms with van der Waals surface area (Å²) in [7, 11) is 0. The number of hydrogen-bond acceptors (Lipinski definition) is 5. The number of aromatic nitrogens is 1. The Labute approximate surface area is 159 Å². The van der Waals surface area contributed by atoms with Gasteiger partial charge in [0.05, 0.1) is 23.5 Å². The first-order valence-electron chi connectivity index (χ1n) is 8.96. The standard InChI is InChI=1S/C19H25ClN4O2/c1-4-23-7-9-24(10-8-23)18-6-5-15(20)11-17(18)21-19(25)12-16-13(2)22-26-14(16)3/h5-6,11H,4,7-10,12H2,1-3H3,(H,21,25). The molecule has 1 aliphatic rings. The molecule has 0 unspecified atom stereocenters. The van der Waals surface area contributed by atoms with Crippen LogP contribution in [0.2, 0.25) is 5.02 Å². The van der Waals surface area contributed by atoms with Gasteiger partial charge in [0.1, 0.15) is 5.76 Å². The van der Waals surface area contributed by atoms with Crippen LogP contribution in [0, 0.1) is 13.8 Å². The Kier molecular flexibility index (Phi) is 5.84. The molecule has 1 fully saturated rings. The van der Waals surface area contributed by atoms with Crippen molar-refractivity contribution in [1.29, 1.82) is 0 Å². The van der Waals surface area contributed by atoms with Crippen molar-refractivity contribution in [2.24, 2.45) is 0 Å². The molecule has 0 atom stereocenters. The van der Waals surface area contributed by atoms with E-state index in [0.29, 0.717) is 10.8 Å². The van der Waals surface area contributed by atoms with Gasteiger partial charge in [-0.1, -0.05) is 23.7 Å². The molecule has 1 N–H and O–H groups in total. The number of likely N-dealkylation sites (N-methyl/N-ethyl adjacent to an activating group) is 1. The number of aryl methyl sites for hydroxylation is 2. The zero-order valence-electron chi connectivity index (χ0n) is 15.5. The van der Waals surface area contributed by atoms with E-state index in [1.165, 1.54) is 0 Å². The van der Waals surface area contributed by atoms with Crippen LogP contribution >= 0.6 is 11.6 Å². The summed E-state index contributed by atoms with van der Waals surface area (Å²) in [4.78, 5) is 17.3. The highest BCUT2D eigenvalue weighted by Crippen LogP contribution is 2.30. The average Bonchev–Trinajstić information content (AvgIpc) is 2.94. The third kappa shape index (κ3) is 4.19. The summed E-state index contributed by atoms with van der Waals surface area (Å²) in [6, 6.07) is 5.66. The predicted molar refractivity (Wildman–Crippen MR) is 104 cm³/mol. The molecule has 0 spiro atoms. The van der Waals surface area contributed by atoms with E-state index in [1.807, 2.05) is 32.0 Å². The van der Waals surface area contributed by atoms with Crippen LogP contribution in [0.1, 0.15) is 23.9 Å². The van der Waals surface area contributed by atoms with Gasteiger partial charge in [0.15, 0.2) is 0 Å². The maximum atomic E-state index is 12.6. The minimum absolute atomic E-state index is 0.102. The van der Waals surface area contributed by atoms with E-state index >= 15 is 0 Å². The lowest BCUT2D eigenvalue weighted by Crippen LogP contribution is -2.46. The lowest BCUT2D eigenvalue weighted by atomic mass is 10.1. The highest BCUT2D eigenvalue weighted by Gasteiger charge is 2.20. The van der Waals surface area contributed by atoms with Crippen LogP contribution in [-0.2, 0) is 11.2 Å². The molecule has 1 aromatic heterocycles. The topological polar surface area (TPSA) is 61.6 Å². The molecule has 0 aliphatic carbocycles. The number of halogens is 1. The summed E-state index contributed by atoms with van der Waals surface area (Å²) >= 11 is 6.17.